The molecule has 18 heteroatoms. The molecule has 2 N–H and O–H groups in total. The van der Waals surface area contributed by atoms with Crippen LogP contribution in [0.4, 0.5) is 30.4 Å². The molecule has 0 saturated heterocycles. The number of hydrogen-bond acceptors (Lipinski definition) is 12. The van der Waals surface area contributed by atoms with Gasteiger partial charge in [-0.05, 0) is 24.5 Å². The van der Waals surface area contributed by atoms with Crippen LogP contribution in [0, 0.1) is 10.1 Å². The number of nitrogens with two attached hydrogens (primary N) is 1. The molecule has 14 nitrogen and oxygen atoms in total. The molecular weight excluding hydrogens is 659 g/mol. The Morgan fingerprint density at radius 1 is 1.15 bits per heavy atom. The number of non-ortho nitro benzene ring substituents is 1. The number of thioether (sulfide) groups is 1. The van der Waals surface area contributed by atoms with Crippen LogP contribution in [0.3, 0.4) is 0 Å². The number of benzene rings is 2. The minimum absolute atomic E-state index is 0.00771. The molecule has 48 heavy (non-hydrogen) atoms. The summed E-state index contributed by atoms with van der Waals surface area (Å²) >= 11 is 1.19. The topological polar surface area (TPSA) is 172 Å². The third kappa shape index (κ3) is 6.12. The van der Waals surface area contributed by atoms with Crippen molar-refractivity contribution in [2.75, 3.05) is 16.5 Å². The lowest BCUT2D eigenvalue weighted by atomic mass is 9.88. The van der Waals surface area contributed by atoms with Gasteiger partial charge in [0.2, 0.25) is 5.89 Å². The minimum atomic E-state index is -5.38. The standard InChI is InChI=1S/C30H30F3N7O7S/c1-36-24-23(25(41)38(27(36)43)16-22-35-20-14-19(40(44)45)10-11-21(20)46-22)37(15-18-8-4-2-5-9-18)28(39(24)47-26(42)30(31,32)33)48-29(17-34)12-6-3-7-13-29/h2,4-5,8-11,14,28H,3,6-7,12-13,15-17,34H2,1H3. The van der Waals surface area contributed by atoms with Gasteiger partial charge in [0.15, 0.2) is 22.6 Å². The first-order chi connectivity index (χ1) is 22.8. The van der Waals surface area contributed by atoms with Crippen LogP contribution in [0.2, 0.25) is 0 Å². The molecule has 1 atom stereocenters. The average Bonchev–Trinajstić information content (AvgIpc) is 3.60. The van der Waals surface area contributed by atoms with Crippen molar-refractivity contribution >= 4 is 46.0 Å². The Labute approximate surface area is 274 Å². The number of oxazole rings is 1. The van der Waals surface area contributed by atoms with Crippen molar-refractivity contribution in [3.05, 3.63) is 90.9 Å². The van der Waals surface area contributed by atoms with Gasteiger partial charge in [0.1, 0.15) is 12.1 Å². The van der Waals surface area contributed by atoms with Crippen LogP contribution in [0.1, 0.15) is 43.6 Å². The molecule has 0 spiro atoms. The van der Waals surface area contributed by atoms with Gasteiger partial charge in [-0.3, -0.25) is 19.5 Å². The molecule has 2 aromatic heterocycles. The fraction of sp³-hybridized carbons (Fsp3) is 0.400. The summed E-state index contributed by atoms with van der Waals surface area (Å²) < 4.78 is 47.7. The maximum atomic E-state index is 14.3. The first kappa shape index (κ1) is 33.1. The fourth-order valence-corrected chi connectivity index (χ4v) is 7.69. The summed E-state index contributed by atoms with van der Waals surface area (Å²) in [7, 11) is 1.24. The summed E-state index contributed by atoms with van der Waals surface area (Å²) in [5.41, 5.74) is 3.73. The largest absolute Gasteiger partial charge is 0.493 e. The number of rotatable bonds is 9. The Hall–Kier alpha value is -4.84. The number of aromatic nitrogens is 3. The summed E-state index contributed by atoms with van der Waals surface area (Å²) in [4.78, 5) is 61.8. The maximum Gasteiger partial charge on any atom is 0.493 e. The van der Waals surface area contributed by atoms with Crippen molar-refractivity contribution in [1.82, 2.24) is 14.1 Å². The predicted molar refractivity (Wildman–Crippen MR) is 169 cm³/mol. The fourth-order valence-electron chi connectivity index (χ4n) is 6.07. The van der Waals surface area contributed by atoms with Crippen LogP contribution in [0.5, 0.6) is 0 Å². The van der Waals surface area contributed by atoms with E-state index in [0.717, 1.165) is 28.4 Å². The van der Waals surface area contributed by atoms with Crippen LogP contribution in [0.15, 0.2) is 62.5 Å². The molecule has 1 aliphatic carbocycles. The summed E-state index contributed by atoms with van der Waals surface area (Å²) in [5.74, 6) is -2.99. The van der Waals surface area contributed by atoms with E-state index in [1.807, 2.05) is 0 Å². The van der Waals surface area contributed by atoms with Gasteiger partial charge >= 0.3 is 17.8 Å². The highest BCUT2D eigenvalue weighted by Crippen LogP contribution is 2.49. The maximum absolute atomic E-state index is 14.3. The number of nitrogens with zero attached hydrogens (tertiary/aromatic N) is 6. The lowest BCUT2D eigenvalue weighted by Crippen LogP contribution is -2.49. The average molecular weight is 690 g/mol. The number of hydroxylamine groups is 1. The van der Waals surface area contributed by atoms with Crippen LogP contribution in [-0.2, 0) is 29.8 Å². The Kier molecular flexibility index (Phi) is 8.71. The lowest BCUT2D eigenvalue weighted by molar-refractivity contribution is -0.384. The normalized spacial score (nSPS) is 17.5. The van der Waals surface area contributed by atoms with Crippen molar-refractivity contribution in [1.29, 1.82) is 0 Å². The second kappa shape index (κ2) is 12.6. The summed E-state index contributed by atoms with van der Waals surface area (Å²) in [6, 6.07) is 12.6. The number of anilines is 2. The molecular formula is C30H30F3N7O7S. The molecule has 0 radical (unpaired) electrons. The molecule has 1 unspecified atom stereocenters. The second-order valence-corrected chi connectivity index (χ2v) is 13.2. The minimum Gasteiger partial charge on any atom is -0.439 e. The van der Waals surface area contributed by atoms with Crippen molar-refractivity contribution in [2.24, 2.45) is 12.8 Å². The molecule has 0 bridgehead atoms. The number of hydrogen-bond donors (Lipinski definition) is 1. The smallest absolute Gasteiger partial charge is 0.439 e. The quantitative estimate of drug-likeness (QED) is 0.197. The lowest BCUT2D eigenvalue weighted by Gasteiger charge is -2.41. The van der Waals surface area contributed by atoms with Crippen molar-refractivity contribution < 1.29 is 32.1 Å². The van der Waals surface area contributed by atoms with Crippen molar-refractivity contribution in [3.8, 4) is 0 Å². The van der Waals surface area contributed by atoms with Crippen LogP contribution >= 0.6 is 11.8 Å². The number of alkyl halides is 3. The molecule has 1 saturated carbocycles. The van der Waals surface area contributed by atoms with Crippen LogP contribution < -0.4 is 26.9 Å². The van der Waals surface area contributed by atoms with Gasteiger partial charge in [0, 0.05) is 37.0 Å². The highest BCUT2D eigenvalue weighted by atomic mass is 32.2. The zero-order valence-electron chi connectivity index (χ0n) is 25.5. The molecule has 0 amide bonds. The van der Waals surface area contributed by atoms with Gasteiger partial charge in [-0.2, -0.15) is 18.2 Å². The first-order valence-electron chi connectivity index (χ1n) is 15.0. The Balaban J connectivity index is 1.51. The number of nitro groups is 1. The zero-order chi connectivity index (χ0) is 34.4. The van der Waals surface area contributed by atoms with E-state index in [4.69, 9.17) is 15.0 Å². The number of carbonyl (C=O) groups is 1. The molecule has 1 fully saturated rings. The number of nitro benzene ring substituents is 1. The van der Waals surface area contributed by atoms with E-state index < -0.39 is 45.1 Å². The molecule has 254 valence electrons. The number of carbonyl (C=O) groups excluding carboxylic acids is 1. The second-order valence-electron chi connectivity index (χ2n) is 11.6. The molecule has 3 heterocycles. The van der Waals surface area contributed by atoms with Gasteiger partial charge < -0.3 is 19.9 Å². The van der Waals surface area contributed by atoms with Gasteiger partial charge in [-0.15, -0.1) is 11.8 Å². The molecule has 1 aliphatic heterocycles. The van der Waals surface area contributed by atoms with Gasteiger partial charge in [0.05, 0.1) is 4.92 Å². The third-order valence-electron chi connectivity index (χ3n) is 8.48. The number of halogens is 3. The molecule has 4 aromatic rings. The SMILES string of the molecule is Cn1c2c(c(=O)n(Cc3nc4cc([N+](=O)[O-])ccc4o3)c1=O)N(Cc1ccccc1)C(SC1(CN)CCCCC1)N2OC(=O)C(F)(F)F. The summed E-state index contributed by atoms with van der Waals surface area (Å²) in [5, 5.41) is 11.9. The summed E-state index contributed by atoms with van der Waals surface area (Å²) in [6.07, 6.45) is -1.50. The first-order valence-corrected chi connectivity index (χ1v) is 15.8. The van der Waals surface area contributed by atoms with Gasteiger partial charge in [-0.25, -0.2) is 19.1 Å². The highest BCUT2D eigenvalue weighted by Gasteiger charge is 2.51. The zero-order valence-corrected chi connectivity index (χ0v) is 26.3. The monoisotopic (exact) mass is 689 g/mol. The third-order valence-corrected chi connectivity index (χ3v) is 10.2. The van der Waals surface area contributed by atoms with E-state index in [0.29, 0.717) is 23.5 Å². The van der Waals surface area contributed by atoms with Gasteiger partial charge in [-0.1, -0.05) is 49.6 Å². The Morgan fingerprint density at radius 3 is 2.50 bits per heavy atom. The van der Waals surface area contributed by atoms with Crippen LogP contribution in [0.25, 0.3) is 11.1 Å². The van der Waals surface area contributed by atoms with E-state index in [-0.39, 0.29) is 47.3 Å². The predicted octanol–water partition coefficient (Wildman–Crippen LogP) is 4.17. The van der Waals surface area contributed by atoms with Gasteiger partial charge in [0.25, 0.3) is 11.2 Å². The molecule has 2 aromatic carbocycles. The van der Waals surface area contributed by atoms with Crippen LogP contribution in [-0.4, -0.2) is 48.0 Å². The van der Waals surface area contributed by atoms with E-state index >= 15 is 0 Å². The molecule has 2 aliphatic rings. The van der Waals surface area contributed by atoms with E-state index in [1.165, 1.54) is 41.9 Å². The van der Waals surface area contributed by atoms with Crippen molar-refractivity contribution in [2.45, 2.75) is 61.6 Å². The molecule has 6 rings (SSSR count). The highest BCUT2D eigenvalue weighted by molar-refractivity contribution is 8.01. The van der Waals surface area contributed by atoms with E-state index in [9.17, 15) is 37.7 Å². The van der Waals surface area contributed by atoms with E-state index in [2.05, 4.69) is 4.98 Å². The van der Waals surface area contributed by atoms with E-state index in [1.54, 1.807) is 30.3 Å². The number of fused-ring (bicyclic) bond motifs is 2. The summed E-state index contributed by atoms with van der Waals surface area (Å²) in [6.45, 7) is -0.344. The Bertz CT molecular complexity index is 1990. The van der Waals surface area contributed by atoms with Crippen molar-refractivity contribution in [3.63, 3.8) is 0 Å². The Morgan fingerprint density at radius 2 is 1.85 bits per heavy atom.